The Bertz CT molecular complexity index is 578. The van der Waals surface area contributed by atoms with Gasteiger partial charge in [0.25, 0.3) is 5.91 Å². The quantitative estimate of drug-likeness (QED) is 0.657. The Labute approximate surface area is 144 Å². The third-order valence-electron chi connectivity index (χ3n) is 4.76. The van der Waals surface area contributed by atoms with Gasteiger partial charge in [0, 0.05) is 5.92 Å². The van der Waals surface area contributed by atoms with Crippen molar-refractivity contribution in [1.29, 1.82) is 0 Å². The molecule has 0 aromatic heterocycles. The van der Waals surface area contributed by atoms with Crippen LogP contribution in [0.3, 0.4) is 0 Å². The van der Waals surface area contributed by atoms with Gasteiger partial charge in [-0.1, -0.05) is 37.8 Å². The van der Waals surface area contributed by atoms with Gasteiger partial charge in [0.05, 0.1) is 0 Å². The van der Waals surface area contributed by atoms with Crippen molar-refractivity contribution in [2.24, 2.45) is 5.92 Å². The van der Waals surface area contributed by atoms with E-state index in [2.05, 4.69) is 10.9 Å². The van der Waals surface area contributed by atoms with E-state index in [0.29, 0.717) is 5.75 Å². The zero-order chi connectivity index (χ0) is 17.5. The highest BCUT2D eigenvalue weighted by molar-refractivity contribution is 5.85. The number of hydrogen-bond donors (Lipinski definition) is 2. The van der Waals surface area contributed by atoms with Crippen LogP contribution < -0.4 is 15.6 Å². The summed E-state index contributed by atoms with van der Waals surface area (Å²) < 4.78 is 5.72. The molecular weight excluding hydrogens is 304 g/mol. The summed E-state index contributed by atoms with van der Waals surface area (Å²) in [4.78, 5) is 24.3. The topological polar surface area (TPSA) is 67.4 Å². The number of aryl methyl sites for hydroxylation is 1. The molecule has 2 amide bonds. The maximum absolute atomic E-state index is 12.2. The number of rotatable bonds is 4. The summed E-state index contributed by atoms with van der Waals surface area (Å²) in [5.41, 5.74) is 7.17. The van der Waals surface area contributed by atoms with Crippen LogP contribution in [-0.2, 0) is 9.59 Å². The fraction of sp³-hybridized carbons (Fsp3) is 0.579. The minimum atomic E-state index is -0.681. The van der Waals surface area contributed by atoms with E-state index in [1.54, 1.807) is 6.92 Å². The van der Waals surface area contributed by atoms with E-state index in [4.69, 9.17) is 4.74 Å². The first kappa shape index (κ1) is 18.3. The van der Waals surface area contributed by atoms with Gasteiger partial charge in [-0.3, -0.25) is 20.4 Å². The summed E-state index contributed by atoms with van der Waals surface area (Å²) in [6, 6.07) is 5.74. The zero-order valence-electron chi connectivity index (χ0n) is 14.9. The van der Waals surface area contributed by atoms with E-state index in [0.717, 1.165) is 36.8 Å². The minimum absolute atomic E-state index is 0.00282. The molecule has 0 bridgehead atoms. The summed E-state index contributed by atoms with van der Waals surface area (Å²) in [6.45, 7) is 5.64. The minimum Gasteiger partial charge on any atom is -0.481 e. The van der Waals surface area contributed by atoms with Crippen molar-refractivity contribution in [3.05, 3.63) is 29.3 Å². The fourth-order valence-corrected chi connectivity index (χ4v) is 2.96. The highest BCUT2D eigenvalue weighted by Crippen LogP contribution is 2.23. The fourth-order valence-electron chi connectivity index (χ4n) is 2.96. The molecule has 0 radical (unpaired) electrons. The lowest BCUT2D eigenvalue weighted by Crippen LogP contribution is -2.49. The molecule has 1 fully saturated rings. The number of nitrogens with one attached hydrogen (secondary N) is 2. The maximum atomic E-state index is 12.2. The number of carbonyl (C=O) groups excluding carboxylic acids is 2. The van der Waals surface area contributed by atoms with Crippen LogP contribution in [0, 0.1) is 19.8 Å². The molecule has 0 spiro atoms. The zero-order valence-corrected chi connectivity index (χ0v) is 14.9. The van der Waals surface area contributed by atoms with Crippen LogP contribution in [0.4, 0.5) is 0 Å². The molecule has 1 aromatic carbocycles. The van der Waals surface area contributed by atoms with Gasteiger partial charge in [-0.15, -0.1) is 0 Å². The molecule has 1 aromatic rings. The summed E-state index contributed by atoms with van der Waals surface area (Å²) in [6.07, 6.45) is 5.66. The Balaban J connectivity index is 1.83. The van der Waals surface area contributed by atoms with Crippen LogP contribution >= 0.6 is 0 Å². The molecule has 1 unspecified atom stereocenters. The van der Waals surface area contributed by atoms with E-state index in [9.17, 15) is 9.59 Å². The molecule has 2 rings (SSSR count). The number of benzene rings is 1. The molecule has 1 atom stereocenters. The molecule has 132 valence electrons. The Hall–Kier alpha value is -2.04. The number of hydrogen-bond acceptors (Lipinski definition) is 3. The Kier molecular flexibility index (Phi) is 6.64. The third kappa shape index (κ3) is 4.98. The largest absolute Gasteiger partial charge is 0.481 e. The van der Waals surface area contributed by atoms with Gasteiger partial charge >= 0.3 is 0 Å². The van der Waals surface area contributed by atoms with Crippen LogP contribution in [0.1, 0.15) is 56.6 Å². The van der Waals surface area contributed by atoms with Crippen molar-refractivity contribution in [3.63, 3.8) is 0 Å². The van der Waals surface area contributed by atoms with Crippen molar-refractivity contribution < 1.29 is 14.3 Å². The number of carbonyl (C=O) groups is 2. The molecule has 0 aliphatic heterocycles. The summed E-state index contributed by atoms with van der Waals surface area (Å²) in [5.74, 6) is 0.248. The number of amides is 2. The van der Waals surface area contributed by atoms with Crippen molar-refractivity contribution >= 4 is 11.8 Å². The van der Waals surface area contributed by atoms with Crippen molar-refractivity contribution in [2.45, 2.75) is 65.4 Å². The average molecular weight is 332 g/mol. The van der Waals surface area contributed by atoms with E-state index in [-0.39, 0.29) is 17.7 Å². The molecule has 1 aliphatic rings. The predicted octanol–water partition coefficient (Wildman–Crippen LogP) is 3.19. The first-order chi connectivity index (χ1) is 11.5. The molecule has 0 saturated heterocycles. The van der Waals surface area contributed by atoms with Crippen LogP contribution in [0.25, 0.3) is 0 Å². The molecule has 5 nitrogen and oxygen atoms in total. The normalized spacial score (nSPS) is 16.8. The van der Waals surface area contributed by atoms with Crippen molar-refractivity contribution in [3.8, 4) is 5.75 Å². The average Bonchev–Trinajstić information content (AvgIpc) is 2.85. The Morgan fingerprint density at radius 1 is 1.08 bits per heavy atom. The maximum Gasteiger partial charge on any atom is 0.279 e. The molecule has 1 saturated carbocycles. The van der Waals surface area contributed by atoms with Gasteiger partial charge in [0.15, 0.2) is 6.10 Å². The molecule has 1 aliphatic carbocycles. The predicted molar refractivity (Wildman–Crippen MR) is 93.5 cm³/mol. The first-order valence-corrected chi connectivity index (χ1v) is 8.81. The summed E-state index contributed by atoms with van der Waals surface area (Å²) in [7, 11) is 0. The lowest BCUT2D eigenvalue weighted by molar-refractivity contribution is -0.134. The van der Waals surface area contributed by atoms with E-state index in [1.807, 2.05) is 32.0 Å². The van der Waals surface area contributed by atoms with Crippen molar-refractivity contribution in [1.82, 2.24) is 10.9 Å². The highest BCUT2D eigenvalue weighted by Gasteiger charge is 2.22. The van der Waals surface area contributed by atoms with Gasteiger partial charge in [-0.2, -0.15) is 0 Å². The summed E-state index contributed by atoms with van der Waals surface area (Å²) >= 11 is 0. The smallest absolute Gasteiger partial charge is 0.279 e. The molecule has 5 heteroatoms. The lowest BCUT2D eigenvalue weighted by Gasteiger charge is -2.19. The summed E-state index contributed by atoms with van der Waals surface area (Å²) in [5, 5.41) is 0. The molecule has 24 heavy (non-hydrogen) atoms. The number of hydrazine groups is 1. The molecular formula is C19H28N2O3. The SMILES string of the molecule is Cc1cccc(OC(C)C(=O)NNC(=O)C2CCCCCC2)c1C. The van der Waals surface area contributed by atoms with E-state index in [1.165, 1.54) is 12.8 Å². The standard InChI is InChI=1S/C19H28N2O3/c1-13-9-8-12-17(14(13)2)24-15(3)18(22)20-21-19(23)16-10-6-4-5-7-11-16/h8-9,12,15-16H,4-7,10-11H2,1-3H3,(H,20,22)(H,21,23). The van der Waals surface area contributed by atoms with Crippen molar-refractivity contribution in [2.75, 3.05) is 0 Å². The lowest BCUT2D eigenvalue weighted by atomic mass is 10.00. The van der Waals surface area contributed by atoms with Gasteiger partial charge in [0.2, 0.25) is 5.91 Å². The van der Waals surface area contributed by atoms with Gasteiger partial charge in [-0.05, 0) is 50.8 Å². The Morgan fingerprint density at radius 2 is 1.75 bits per heavy atom. The van der Waals surface area contributed by atoms with Crippen LogP contribution in [-0.4, -0.2) is 17.9 Å². The number of ether oxygens (including phenoxy) is 1. The second-order valence-corrected chi connectivity index (χ2v) is 6.63. The monoisotopic (exact) mass is 332 g/mol. The van der Waals surface area contributed by atoms with Gasteiger partial charge in [0.1, 0.15) is 5.75 Å². The van der Waals surface area contributed by atoms with E-state index >= 15 is 0 Å². The van der Waals surface area contributed by atoms with Crippen LogP contribution in [0.15, 0.2) is 18.2 Å². The first-order valence-electron chi connectivity index (χ1n) is 8.81. The van der Waals surface area contributed by atoms with Gasteiger partial charge < -0.3 is 4.74 Å². The van der Waals surface area contributed by atoms with E-state index < -0.39 is 6.10 Å². The van der Waals surface area contributed by atoms with Crippen LogP contribution in [0.2, 0.25) is 0 Å². The molecule has 2 N–H and O–H groups in total. The Morgan fingerprint density at radius 3 is 2.42 bits per heavy atom. The second-order valence-electron chi connectivity index (χ2n) is 6.63. The van der Waals surface area contributed by atoms with Crippen LogP contribution in [0.5, 0.6) is 5.75 Å². The van der Waals surface area contributed by atoms with Gasteiger partial charge in [-0.25, -0.2) is 0 Å². The highest BCUT2D eigenvalue weighted by atomic mass is 16.5. The molecule has 0 heterocycles. The second kappa shape index (κ2) is 8.71. The third-order valence-corrected chi connectivity index (χ3v) is 4.76.